The van der Waals surface area contributed by atoms with Crippen LogP contribution in [0.2, 0.25) is 0 Å². The Balaban J connectivity index is 2.06. The number of nitrogens with one attached hydrogen (secondary N) is 1. The smallest absolute Gasteiger partial charge is 0.326 e. The van der Waals surface area contributed by atoms with Gasteiger partial charge in [-0.1, -0.05) is 0 Å². The van der Waals surface area contributed by atoms with Gasteiger partial charge in [0.2, 0.25) is 5.91 Å². The largest absolute Gasteiger partial charge is 0.462 e. The van der Waals surface area contributed by atoms with Crippen molar-refractivity contribution in [3.8, 4) is 0 Å². The molecule has 7 heteroatoms. The number of rotatable bonds is 6. The number of halogens is 1. The van der Waals surface area contributed by atoms with E-state index in [0.29, 0.717) is 24.6 Å². The molecule has 1 aliphatic heterocycles. The van der Waals surface area contributed by atoms with Gasteiger partial charge >= 0.3 is 5.97 Å². The van der Waals surface area contributed by atoms with Crippen molar-refractivity contribution in [2.45, 2.75) is 19.9 Å². The molecule has 0 saturated carbocycles. The summed E-state index contributed by atoms with van der Waals surface area (Å²) in [5, 5.41) is 2.91. The van der Waals surface area contributed by atoms with E-state index in [1.54, 1.807) is 6.92 Å². The van der Waals surface area contributed by atoms with Crippen LogP contribution in [0.15, 0.2) is 18.2 Å². The normalized spacial score (nSPS) is 17.0. The molecule has 0 aliphatic carbocycles. The molecule has 0 spiro atoms. The monoisotopic (exact) mass is 310 g/mol. The minimum atomic E-state index is -0.537. The van der Waals surface area contributed by atoms with E-state index >= 15 is 0 Å². The summed E-state index contributed by atoms with van der Waals surface area (Å²) < 4.78 is 23.4. The van der Waals surface area contributed by atoms with Crippen molar-refractivity contribution in [1.29, 1.82) is 0 Å². The number of esters is 1. The van der Waals surface area contributed by atoms with Gasteiger partial charge < -0.3 is 14.8 Å². The molecule has 1 atom stereocenters. The lowest BCUT2D eigenvalue weighted by atomic mass is 10.1. The molecule has 22 heavy (non-hydrogen) atoms. The number of nitrogens with zero attached hydrogens (tertiary/aromatic N) is 1. The second-order valence-electron chi connectivity index (χ2n) is 4.87. The van der Waals surface area contributed by atoms with Crippen LogP contribution in [0.25, 0.3) is 0 Å². The number of amides is 1. The summed E-state index contributed by atoms with van der Waals surface area (Å²) in [7, 11) is 0. The summed E-state index contributed by atoms with van der Waals surface area (Å²) >= 11 is 0. The summed E-state index contributed by atoms with van der Waals surface area (Å²) in [5.41, 5.74) is 0.945. The molecule has 0 saturated heterocycles. The molecule has 2 rings (SSSR count). The van der Waals surface area contributed by atoms with E-state index < -0.39 is 17.8 Å². The Kier molecular flexibility index (Phi) is 5.32. The van der Waals surface area contributed by atoms with Gasteiger partial charge in [0.25, 0.3) is 0 Å². The van der Waals surface area contributed by atoms with Crippen LogP contribution >= 0.6 is 0 Å². The highest BCUT2D eigenvalue weighted by atomic mass is 19.1. The Hall–Kier alpha value is -2.15. The van der Waals surface area contributed by atoms with Gasteiger partial charge in [0, 0.05) is 6.61 Å². The van der Waals surface area contributed by atoms with Gasteiger partial charge in [0.15, 0.2) is 0 Å². The molecule has 0 bridgehead atoms. The highest BCUT2D eigenvalue weighted by Gasteiger charge is 2.31. The summed E-state index contributed by atoms with van der Waals surface area (Å²) in [5.74, 6) is -1.20. The van der Waals surface area contributed by atoms with E-state index in [1.165, 1.54) is 23.1 Å². The number of carbonyl (C=O) groups excluding carboxylic acids is 2. The van der Waals surface area contributed by atoms with Gasteiger partial charge in [-0.3, -0.25) is 14.5 Å². The molecule has 1 aliphatic rings. The molecule has 1 aromatic rings. The maximum absolute atomic E-state index is 13.3. The average Bonchev–Trinajstić information content (AvgIpc) is 2.48. The van der Waals surface area contributed by atoms with E-state index in [1.807, 2.05) is 6.92 Å². The molecule has 1 aromatic carbocycles. The van der Waals surface area contributed by atoms with Gasteiger partial charge in [0.05, 0.1) is 18.0 Å². The van der Waals surface area contributed by atoms with Gasteiger partial charge in [-0.15, -0.1) is 0 Å². The molecule has 1 unspecified atom stereocenters. The first-order valence-electron chi connectivity index (χ1n) is 7.13. The second kappa shape index (κ2) is 7.22. The summed E-state index contributed by atoms with van der Waals surface area (Å²) in [4.78, 5) is 25.4. The van der Waals surface area contributed by atoms with Crippen LogP contribution in [0.5, 0.6) is 0 Å². The van der Waals surface area contributed by atoms with Crippen molar-refractivity contribution in [3.05, 3.63) is 24.0 Å². The maximum atomic E-state index is 13.3. The van der Waals surface area contributed by atoms with Crippen LogP contribution in [0.3, 0.4) is 0 Å². The lowest BCUT2D eigenvalue weighted by Crippen LogP contribution is -2.48. The Morgan fingerprint density at radius 1 is 1.41 bits per heavy atom. The summed E-state index contributed by atoms with van der Waals surface area (Å²) in [6.45, 7) is 4.29. The lowest BCUT2D eigenvalue weighted by Gasteiger charge is -2.33. The molecule has 1 N–H and O–H groups in total. The third-order valence-electron chi connectivity index (χ3n) is 3.24. The minimum absolute atomic E-state index is 0.138. The first-order valence-corrected chi connectivity index (χ1v) is 7.13. The first kappa shape index (κ1) is 16.2. The van der Waals surface area contributed by atoms with Crippen molar-refractivity contribution < 1.29 is 23.5 Å². The van der Waals surface area contributed by atoms with Crippen LogP contribution < -0.4 is 10.2 Å². The summed E-state index contributed by atoms with van der Waals surface area (Å²) in [6.07, 6.45) is 0. The average molecular weight is 310 g/mol. The van der Waals surface area contributed by atoms with Gasteiger partial charge in [-0.2, -0.15) is 0 Å². The zero-order valence-corrected chi connectivity index (χ0v) is 12.6. The van der Waals surface area contributed by atoms with Crippen molar-refractivity contribution in [3.63, 3.8) is 0 Å². The van der Waals surface area contributed by atoms with Gasteiger partial charge in [-0.25, -0.2) is 4.39 Å². The molecular weight excluding hydrogens is 291 g/mol. The molecule has 0 aromatic heterocycles. The van der Waals surface area contributed by atoms with Crippen LogP contribution in [0, 0.1) is 5.82 Å². The zero-order valence-electron chi connectivity index (χ0n) is 12.6. The van der Waals surface area contributed by atoms with Crippen LogP contribution in [0.4, 0.5) is 15.8 Å². The van der Waals surface area contributed by atoms with Crippen LogP contribution in [-0.2, 0) is 19.1 Å². The summed E-state index contributed by atoms with van der Waals surface area (Å²) in [6, 6.07) is 3.48. The highest BCUT2D eigenvalue weighted by molar-refractivity contribution is 6.07. The molecule has 0 fully saturated rings. The third kappa shape index (κ3) is 3.73. The molecule has 0 radical (unpaired) electrons. The third-order valence-corrected chi connectivity index (χ3v) is 3.24. The number of hydrogen-bond donors (Lipinski definition) is 1. The number of fused-ring (bicyclic) bond motifs is 1. The van der Waals surface area contributed by atoms with Crippen LogP contribution in [0.1, 0.15) is 13.8 Å². The standard InChI is InChI=1S/C15H19FN2O4/c1-3-21-6-7-22-14(19)9-18-13-5-4-11(16)8-12(13)17-10(2)15(18)20/h4-5,8,10,17H,3,6-7,9H2,1-2H3. The minimum Gasteiger partial charge on any atom is -0.462 e. The number of anilines is 2. The second-order valence-corrected chi connectivity index (χ2v) is 4.87. The number of ether oxygens (including phenoxy) is 2. The van der Waals surface area contributed by atoms with E-state index in [0.717, 1.165) is 0 Å². The molecular formula is C15H19FN2O4. The van der Waals surface area contributed by atoms with Crippen LogP contribution in [-0.4, -0.2) is 44.3 Å². The first-order chi connectivity index (χ1) is 10.5. The van der Waals surface area contributed by atoms with E-state index in [4.69, 9.17) is 9.47 Å². The number of hydrogen-bond acceptors (Lipinski definition) is 5. The van der Waals surface area contributed by atoms with E-state index in [9.17, 15) is 14.0 Å². The van der Waals surface area contributed by atoms with Crippen molar-refractivity contribution >= 4 is 23.3 Å². The molecule has 1 amide bonds. The van der Waals surface area contributed by atoms with Crippen molar-refractivity contribution in [2.75, 3.05) is 36.6 Å². The predicted octanol–water partition coefficient (Wildman–Crippen LogP) is 1.55. The SMILES string of the molecule is CCOCCOC(=O)CN1C(=O)C(C)Nc2cc(F)ccc21. The lowest BCUT2D eigenvalue weighted by molar-refractivity contribution is -0.144. The zero-order chi connectivity index (χ0) is 16.1. The fourth-order valence-electron chi connectivity index (χ4n) is 2.20. The number of carbonyl (C=O) groups is 2. The Bertz CT molecular complexity index is 564. The fraction of sp³-hybridized carbons (Fsp3) is 0.467. The van der Waals surface area contributed by atoms with E-state index in [2.05, 4.69) is 5.32 Å². The van der Waals surface area contributed by atoms with Gasteiger partial charge in [-0.05, 0) is 32.0 Å². The highest BCUT2D eigenvalue weighted by Crippen LogP contribution is 2.31. The Morgan fingerprint density at radius 3 is 2.91 bits per heavy atom. The molecule has 120 valence electrons. The quantitative estimate of drug-likeness (QED) is 0.638. The molecule has 1 heterocycles. The Morgan fingerprint density at radius 2 is 2.18 bits per heavy atom. The number of benzene rings is 1. The Labute approximate surface area is 128 Å². The van der Waals surface area contributed by atoms with Crippen molar-refractivity contribution in [1.82, 2.24) is 0 Å². The molecule has 6 nitrogen and oxygen atoms in total. The van der Waals surface area contributed by atoms with E-state index in [-0.39, 0.29) is 19.1 Å². The van der Waals surface area contributed by atoms with Gasteiger partial charge in [0.1, 0.15) is 25.0 Å². The fourth-order valence-corrected chi connectivity index (χ4v) is 2.20. The topological polar surface area (TPSA) is 67.9 Å². The van der Waals surface area contributed by atoms with Crippen molar-refractivity contribution in [2.24, 2.45) is 0 Å². The predicted molar refractivity (Wildman–Crippen MR) is 79.3 cm³/mol. The maximum Gasteiger partial charge on any atom is 0.326 e.